The highest BCUT2D eigenvalue weighted by atomic mass is 19.3. The molecule has 0 spiro atoms. The van der Waals surface area contributed by atoms with E-state index in [9.17, 15) is 13.9 Å². The molecular formula is C9H13F2N3O3. The van der Waals surface area contributed by atoms with Crippen LogP contribution in [0.5, 0.6) is 0 Å². The molecule has 0 bridgehead atoms. The zero-order chi connectivity index (χ0) is 12.6. The molecule has 1 fully saturated rings. The summed E-state index contributed by atoms with van der Waals surface area (Å²) in [7, 11) is 0. The molecule has 1 saturated heterocycles. The average molecular weight is 249 g/mol. The van der Waals surface area contributed by atoms with Crippen LogP contribution in [-0.4, -0.2) is 59.3 Å². The number of hydrogen-bond donors (Lipinski definition) is 3. The van der Waals surface area contributed by atoms with E-state index in [0.717, 1.165) is 0 Å². The summed E-state index contributed by atoms with van der Waals surface area (Å²) in [5.74, 6) is -3.56. The number of aliphatic hydroxyl groups excluding tert-OH is 2. The van der Waals surface area contributed by atoms with Crippen molar-refractivity contribution in [2.24, 2.45) is 15.7 Å². The molecule has 6 nitrogen and oxygen atoms in total. The van der Waals surface area contributed by atoms with Gasteiger partial charge >= 0.3 is 5.92 Å². The van der Waals surface area contributed by atoms with Gasteiger partial charge in [0.2, 0.25) is 0 Å². The van der Waals surface area contributed by atoms with Gasteiger partial charge in [-0.1, -0.05) is 0 Å². The summed E-state index contributed by atoms with van der Waals surface area (Å²) < 4.78 is 32.2. The molecule has 0 saturated carbocycles. The second-order valence-corrected chi connectivity index (χ2v) is 3.95. The van der Waals surface area contributed by atoms with Crippen molar-refractivity contribution in [3.63, 3.8) is 0 Å². The zero-order valence-electron chi connectivity index (χ0n) is 8.88. The fraction of sp³-hybridized carbons (Fsp3) is 0.778. The van der Waals surface area contributed by atoms with Crippen molar-refractivity contribution in [1.29, 1.82) is 0 Å². The first-order valence-corrected chi connectivity index (χ1v) is 5.16. The predicted molar refractivity (Wildman–Crippen MR) is 55.2 cm³/mol. The van der Waals surface area contributed by atoms with Gasteiger partial charge < -0.3 is 20.7 Å². The Morgan fingerprint density at radius 3 is 2.76 bits per heavy atom. The van der Waals surface area contributed by atoms with Crippen molar-refractivity contribution in [1.82, 2.24) is 0 Å². The van der Waals surface area contributed by atoms with E-state index >= 15 is 0 Å². The molecule has 0 aromatic carbocycles. The van der Waals surface area contributed by atoms with Crippen molar-refractivity contribution < 1.29 is 23.7 Å². The SMILES string of the molecule is NC1=NC(C2OC(CO)C(O)C2(F)F)=NCC1. The van der Waals surface area contributed by atoms with E-state index in [4.69, 9.17) is 15.6 Å². The predicted octanol–water partition coefficient (Wildman–Crippen LogP) is -1.10. The summed E-state index contributed by atoms with van der Waals surface area (Å²) in [4.78, 5) is 7.52. The highest BCUT2D eigenvalue weighted by Crippen LogP contribution is 2.37. The summed E-state index contributed by atoms with van der Waals surface area (Å²) in [6, 6.07) is 0. The van der Waals surface area contributed by atoms with Crippen molar-refractivity contribution in [3.05, 3.63) is 0 Å². The van der Waals surface area contributed by atoms with Crippen LogP contribution >= 0.6 is 0 Å². The lowest BCUT2D eigenvalue weighted by Crippen LogP contribution is -2.44. The van der Waals surface area contributed by atoms with Crippen LogP contribution in [0.15, 0.2) is 9.98 Å². The number of halogens is 2. The molecule has 96 valence electrons. The summed E-state index contributed by atoms with van der Waals surface area (Å²) in [5, 5.41) is 18.1. The lowest BCUT2D eigenvalue weighted by Gasteiger charge is -2.20. The number of rotatable bonds is 2. The Morgan fingerprint density at radius 2 is 2.24 bits per heavy atom. The Morgan fingerprint density at radius 1 is 1.53 bits per heavy atom. The summed E-state index contributed by atoms with van der Waals surface area (Å²) in [6.45, 7) is -0.430. The zero-order valence-corrected chi connectivity index (χ0v) is 8.88. The number of amidine groups is 2. The van der Waals surface area contributed by atoms with Crippen LogP contribution in [0.2, 0.25) is 0 Å². The van der Waals surface area contributed by atoms with Gasteiger partial charge in [-0.05, 0) is 0 Å². The Balaban J connectivity index is 2.25. The smallest absolute Gasteiger partial charge is 0.308 e. The lowest BCUT2D eigenvalue weighted by molar-refractivity contribution is -0.0946. The van der Waals surface area contributed by atoms with E-state index in [0.29, 0.717) is 6.42 Å². The van der Waals surface area contributed by atoms with Gasteiger partial charge in [-0.15, -0.1) is 0 Å². The number of aliphatic hydroxyl groups is 2. The third-order valence-corrected chi connectivity index (χ3v) is 2.72. The van der Waals surface area contributed by atoms with Gasteiger partial charge in [0, 0.05) is 13.0 Å². The molecule has 3 unspecified atom stereocenters. The second-order valence-electron chi connectivity index (χ2n) is 3.95. The van der Waals surface area contributed by atoms with Gasteiger partial charge in [0.1, 0.15) is 18.0 Å². The van der Waals surface area contributed by atoms with E-state index in [1.807, 2.05) is 0 Å². The van der Waals surface area contributed by atoms with Gasteiger partial charge in [0.15, 0.2) is 11.9 Å². The molecule has 0 aromatic heterocycles. The quantitative estimate of drug-likeness (QED) is 0.578. The van der Waals surface area contributed by atoms with Crippen LogP contribution < -0.4 is 5.73 Å². The monoisotopic (exact) mass is 249 g/mol. The van der Waals surface area contributed by atoms with Crippen LogP contribution in [0.25, 0.3) is 0 Å². The van der Waals surface area contributed by atoms with Gasteiger partial charge in [-0.25, -0.2) is 13.8 Å². The largest absolute Gasteiger partial charge is 0.394 e. The molecule has 2 aliphatic heterocycles. The van der Waals surface area contributed by atoms with Gasteiger partial charge in [-0.3, -0.25) is 4.99 Å². The Labute approximate surface area is 95.8 Å². The first kappa shape index (κ1) is 12.3. The summed E-state index contributed by atoms with van der Waals surface area (Å²) in [6.07, 6.45) is -4.75. The average Bonchev–Trinajstić information content (AvgIpc) is 2.51. The number of ether oxygens (including phenoxy) is 1. The van der Waals surface area contributed by atoms with E-state index in [-0.39, 0.29) is 18.2 Å². The second kappa shape index (κ2) is 4.28. The van der Waals surface area contributed by atoms with Crippen LogP contribution in [0.3, 0.4) is 0 Å². The van der Waals surface area contributed by atoms with Crippen LogP contribution in [-0.2, 0) is 4.74 Å². The van der Waals surface area contributed by atoms with Crippen LogP contribution in [0.1, 0.15) is 6.42 Å². The number of nitrogens with two attached hydrogens (primary N) is 1. The van der Waals surface area contributed by atoms with Gasteiger partial charge in [0.05, 0.1) is 6.61 Å². The van der Waals surface area contributed by atoms with E-state index < -0.39 is 30.8 Å². The highest BCUT2D eigenvalue weighted by molar-refractivity contribution is 6.00. The maximum Gasteiger partial charge on any atom is 0.308 e. The van der Waals surface area contributed by atoms with Gasteiger partial charge in [-0.2, -0.15) is 0 Å². The molecule has 0 radical (unpaired) electrons. The Hall–Kier alpha value is -1.12. The van der Waals surface area contributed by atoms with Crippen molar-refractivity contribution >= 4 is 11.7 Å². The topological polar surface area (TPSA) is 100 Å². The normalized spacial score (nSPS) is 36.6. The molecule has 0 aliphatic carbocycles. The minimum Gasteiger partial charge on any atom is -0.394 e. The molecule has 17 heavy (non-hydrogen) atoms. The molecule has 0 aromatic rings. The van der Waals surface area contributed by atoms with Crippen molar-refractivity contribution in [2.45, 2.75) is 30.7 Å². The molecular weight excluding hydrogens is 236 g/mol. The van der Waals surface area contributed by atoms with E-state index in [1.54, 1.807) is 0 Å². The van der Waals surface area contributed by atoms with Gasteiger partial charge in [0.25, 0.3) is 0 Å². The minimum atomic E-state index is -3.53. The molecule has 8 heteroatoms. The molecule has 2 heterocycles. The summed E-state index contributed by atoms with van der Waals surface area (Å²) >= 11 is 0. The van der Waals surface area contributed by atoms with Crippen molar-refractivity contribution in [2.75, 3.05) is 13.2 Å². The highest BCUT2D eigenvalue weighted by Gasteiger charge is 2.60. The Kier molecular flexibility index (Phi) is 3.11. The molecule has 4 N–H and O–H groups in total. The van der Waals surface area contributed by atoms with E-state index in [2.05, 4.69) is 9.98 Å². The molecule has 2 aliphatic rings. The number of hydrogen-bond acceptors (Lipinski definition) is 6. The number of nitrogens with zero attached hydrogens (tertiary/aromatic N) is 2. The first-order valence-electron chi connectivity index (χ1n) is 5.16. The van der Waals surface area contributed by atoms with Crippen LogP contribution in [0.4, 0.5) is 8.78 Å². The third kappa shape index (κ3) is 2.03. The first-order chi connectivity index (χ1) is 7.96. The molecule has 3 atom stereocenters. The number of alkyl halides is 2. The summed E-state index contributed by atoms with van der Waals surface area (Å²) in [5.41, 5.74) is 5.44. The van der Waals surface area contributed by atoms with Crippen molar-refractivity contribution in [3.8, 4) is 0 Å². The van der Waals surface area contributed by atoms with E-state index in [1.165, 1.54) is 0 Å². The fourth-order valence-electron chi connectivity index (χ4n) is 1.78. The lowest BCUT2D eigenvalue weighted by atomic mass is 10.1. The minimum absolute atomic E-state index is 0.205. The molecule has 2 rings (SSSR count). The van der Waals surface area contributed by atoms with Crippen LogP contribution in [0, 0.1) is 0 Å². The molecule has 0 amide bonds. The Bertz CT molecular complexity index is 372. The third-order valence-electron chi connectivity index (χ3n) is 2.72. The maximum atomic E-state index is 13.7. The maximum absolute atomic E-state index is 13.7. The standard InChI is InChI=1S/C9H13F2N3O3/c10-9(11)6(16)4(3-15)17-7(9)8-13-2-1-5(12)14-8/h4,6-7,15-16H,1-3H2,(H2,12,13,14). The number of aliphatic imine (C=N–C) groups is 2. The fourth-order valence-corrected chi connectivity index (χ4v) is 1.78.